The Hall–Kier alpha value is -1.61. The van der Waals surface area contributed by atoms with Crippen molar-refractivity contribution in [2.75, 3.05) is 0 Å². The Balaban J connectivity index is 2.27. The Labute approximate surface area is 109 Å². The molecular weight excluding hydrogens is 226 g/mol. The quantitative estimate of drug-likeness (QED) is 0.595. The molecular formula is C15H21NO2. The van der Waals surface area contributed by atoms with Gasteiger partial charge in [0.15, 0.2) is 0 Å². The highest BCUT2D eigenvalue weighted by atomic mass is 16.5. The summed E-state index contributed by atoms with van der Waals surface area (Å²) >= 11 is 0. The van der Waals surface area contributed by atoms with Crippen molar-refractivity contribution in [2.24, 2.45) is 5.73 Å². The van der Waals surface area contributed by atoms with E-state index in [0.29, 0.717) is 6.61 Å². The SMILES string of the molecule is CCCC[C@@H](N)/C=C/C(=O)OCc1ccccc1. The summed E-state index contributed by atoms with van der Waals surface area (Å²) in [5.74, 6) is -0.342. The number of hydrogen-bond acceptors (Lipinski definition) is 3. The van der Waals surface area contributed by atoms with Crippen LogP contribution in [-0.2, 0) is 16.1 Å². The van der Waals surface area contributed by atoms with Gasteiger partial charge in [0.2, 0.25) is 0 Å². The van der Waals surface area contributed by atoms with Crippen LogP contribution >= 0.6 is 0 Å². The Morgan fingerprint density at radius 1 is 1.39 bits per heavy atom. The van der Waals surface area contributed by atoms with Gasteiger partial charge in [-0.25, -0.2) is 4.79 Å². The molecule has 0 heterocycles. The molecule has 1 atom stereocenters. The topological polar surface area (TPSA) is 52.3 Å². The summed E-state index contributed by atoms with van der Waals surface area (Å²) in [6.07, 6.45) is 6.22. The molecule has 3 heteroatoms. The highest BCUT2D eigenvalue weighted by Crippen LogP contribution is 2.02. The van der Waals surface area contributed by atoms with E-state index in [0.717, 1.165) is 24.8 Å². The van der Waals surface area contributed by atoms with Crippen LogP contribution in [0.15, 0.2) is 42.5 Å². The molecule has 0 aliphatic heterocycles. The molecule has 0 saturated heterocycles. The fourth-order valence-electron chi connectivity index (χ4n) is 1.52. The van der Waals surface area contributed by atoms with Crippen LogP contribution in [0.2, 0.25) is 0 Å². The maximum absolute atomic E-state index is 11.4. The number of esters is 1. The van der Waals surface area contributed by atoms with Crippen LogP contribution in [0.3, 0.4) is 0 Å². The molecule has 0 spiro atoms. The molecule has 0 aliphatic carbocycles. The Kier molecular flexibility index (Phi) is 6.81. The summed E-state index contributed by atoms with van der Waals surface area (Å²) in [6.45, 7) is 2.42. The van der Waals surface area contributed by atoms with Crippen molar-refractivity contribution in [3.05, 3.63) is 48.0 Å². The number of benzene rings is 1. The maximum Gasteiger partial charge on any atom is 0.330 e. The van der Waals surface area contributed by atoms with Crippen molar-refractivity contribution in [3.63, 3.8) is 0 Å². The minimum Gasteiger partial charge on any atom is -0.458 e. The number of unbranched alkanes of at least 4 members (excludes halogenated alkanes) is 1. The van der Waals surface area contributed by atoms with E-state index in [1.54, 1.807) is 6.08 Å². The molecule has 2 N–H and O–H groups in total. The Morgan fingerprint density at radius 2 is 2.11 bits per heavy atom. The fraction of sp³-hybridized carbons (Fsp3) is 0.400. The summed E-state index contributed by atoms with van der Waals surface area (Å²) in [7, 11) is 0. The van der Waals surface area contributed by atoms with E-state index in [4.69, 9.17) is 10.5 Å². The molecule has 18 heavy (non-hydrogen) atoms. The van der Waals surface area contributed by atoms with Gasteiger partial charge in [-0.3, -0.25) is 0 Å². The molecule has 0 radical (unpaired) electrons. The standard InChI is InChI=1S/C15H21NO2/c1-2-3-9-14(16)10-11-15(17)18-12-13-7-5-4-6-8-13/h4-8,10-11,14H,2-3,9,12,16H2,1H3/b11-10+/t14-/m1/s1. The highest BCUT2D eigenvalue weighted by molar-refractivity contribution is 5.82. The molecule has 0 fully saturated rings. The normalized spacial score (nSPS) is 12.6. The smallest absolute Gasteiger partial charge is 0.330 e. The number of carbonyl (C=O) groups excluding carboxylic acids is 1. The molecule has 0 bridgehead atoms. The van der Waals surface area contributed by atoms with Gasteiger partial charge in [-0.15, -0.1) is 0 Å². The average Bonchev–Trinajstić information content (AvgIpc) is 2.41. The van der Waals surface area contributed by atoms with Gasteiger partial charge in [0.1, 0.15) is 6.61 Å². The lowest BCUT2D eigenvalue weighted by Crippen LogP contribution is -2.17. The lowest BCUT2D eigenvalue weighted by atomic mass is 10.1. The van der Waals surface area contributed by atoms with Crippen molar-refractivity contribution in [1.29, 1.82) is 0 Å². The fourth-order valence-corrected chi connectivity index (χ4v) is 1.52. The van der Waals surface area contributed by atoms with Gasteiger partial charge >= 0.3 is 5.97 Å². The highest BCUT2D eigenvalue weighted by Gasteiger charge is 2.00. The van der Waals surface area contributed by atoms with E-state index >= 15 is 0 Å². The van der Waals surface area contributed by atoms with E-state index in [1.165, 1.54) is 6.08 Å². The molecule has 0 saturated carbocycles. The minimum atomic E-state index is -0.342. The van der Waals surface area contributed by atoms with Crippen LogP contribution in [0.1, 0.15) is 31.7 Å². The van der Waals surface area contributed by atoms with Gasteiger partial charge < -0.3 is 10.5 Å². The zero-order valence-corrected chi connectivity index (χ0v) is 10.8. The maximum atomic E-state index is 11.4. The van der Waals surface area contributed by atoms with Gasteiger partial charge in [-0.1, -0.05) is 56.2 Å². The zero-order chi connectivity index (χ0) is 13.2. The zero-order valence-electron chi connectivity index (χ0n) is 10.8. The number of rotatable bonds is 7. The molecule has 0 aliphatic rings. The van der Waals surface area contributed by atoms with E-state index in [2.05, 4.69) is 6.92 Å². The van der Waals surface area contributed by atoms with E-state index in [-0.39, 0.29) is 12.0 Å². The molecule has 1 rings (SSSR count). The molecule has 3 nitrogen and oxygen atoms in total. The number of ether oxygens (including phenoxy) is 1. The predicted octanol–water partition coefficient (Wildman–Crippen LogP) is 2.80. The summed E-state index contributed by atoms with van der Waals surface area (Å²) in [6, 6.07) is 9.54. The first-order valence-corrected chi connectivity index (χ1v) is 6.37. The van der Waals surface area contributed by atoms with Crippen LogP contribution < -0.4 is 5.73 Å². The van der Waals surface area contributed by atoms with Crippen LogP contribution in [0, 0.1) is 0 Å². The van der Waals surface area contributed by atoms with E-state index in [9.17, 15) is 4.79 Å². The summed E-state index contributed by atoms with van der Waals surface area (Å²) < 4.78 is 5.10. The summed E-state index contributed by atoms with van der Waals surface area (Å²) in [5, 5.41) is 0. The Morgan fingerprint density at radius 3 is 2.78 bits per heavy atom. The first-order valence-electron chi connectivity index (χ1n) is 6.37. The number of carbonyl (C=O) groups is 1. The van der Waals surface area contributed by atoms with Crippen LogP contribution in [-0.4, -0.2) is 12.0 Å². The van der Waals surface area contributed by atoms with Gasteiger partial charge in [0.25, 0.3) is 0 Å². The Bertz CT molecular complexity index is 373. The minimum absolute atomic E-state index is 0.0609. The van der Waals surface area contributed by atoms with E-state index in [1.807, 2.05) is 30.3 Å². The van der Waals surface area contributed by atoms with Gasteiger partial charge in [-0.2, -0.15) is 0 Å². The molecule has 0 amide bonds. The van der Waals surface area contributed by atoms with Gasteiger partial charge in [0, 0.05) is 12.1 Å². The second-order valence-corrected chi connectivity index (χ2v) is 4.26. The van der Waals surface area contributed by atoms with Crippen molar-refractivity contribution in [3.8, 4) is 0 Å². The lowest BCUT2D eigenvalue weighted by Gasteiger charge is -2.05. The van der Waals surface area contributed by atoms with Crippen molar-refractivity contribution in [2.45, 2.75) is 38.8 Å². The molecule has 1 aromatic rings. The summed E-state index contributed by atoms with van der Waals surface area (Å²) in [5.41, 5.74) is 6.80. The molecule has 1 aromatic carbocycles. The first-order chi connectivity index (χ1) is 8.72. The lowest BCUT2D eigenvalue weighted by molar-refractivity contribution is -0.139. The van der Waals surface area contributed by atoms with Crippen molar-refractivity contribution < 1.29 is 9.53 Å². The number of hydrogen-bond donors (Lipinski definition) is 1. The van der Waals surface area contributed by atoms with Gasteiger partial charge in [0.05, 0.1) is 0 Å². The molecule has 0 aromatic heterocycles. The van der Waals surface area contributed by atoms with Crippen molar-refractivity contribution >= 4 is 5.97 Å². The second-order valence-electron chi connectivity index (χ2n) is 4.26. The average molecular weight is 247 g/mol. The third-order valence-corrected chi connectivity index (χ3v) is 2.59. The largest absolute Gasteiger partial charge is 0.458 e. The van der Waals surface area contributed by atoms with E-state index < -0.39 is 0 Å². The van der Waals surface area contributed by atoms with Crippen LogP contribution in [0.5, 0.6) is 0 Å². The third kappa shape index (κ3) is 6.21. The number of nitrogens with two attached hydrogens (primary N) is 1. The molecule has 98 valence electrons. The summed E-state index contributed by atoms with van der Waals surface area (Å²) in [4.78, 5) is 11.4. The van der Waals surface area contributed by atoms with Crippen LogP contribution in [0.25, 0.3) is 0 Å². The first kappa shape index (κ1) is 14.5. The van der Waals surface area contributed by atoms with Crippen molar-refractivity contribution in [1.82, 2.24) is 0 Å². The van der Waals surface area contributed by atoms with Crippen LogP contribution in [0.4, 0.5) is 0 Å². The molecule has 0 unspecified atom stereocenters. The predicted molar refractivity (Wildman–Crippen MR) is 72.9 cm³/mol. The second kappa shape index (κ2) is 8.48. The monoisotopic (exact) mass is 247 g/mol. The third-order valence-electron chi connectivity index (χ3n) is 2.59. The van der Waals surface area contributed by atoms with Gasteiger partial charge in [-0.05, 0) is 12.0 Å².